The molecule has 1 atom stereocenters. The highest BCUT2D eigenvalue weighted by Gasteiger charge is 2.15. The smallest absolute Gasteiger partial charge is 0.123 e. The predicted molar refractivity (Wildman–Crippen MR) is 62.2 cm³/mol. The van der Waals surface area contributed by atoms with Crippen molar-refractivity contribution in [2.45, 2.75) is 39.7 Å². The van der Waals surface area contributed by atoms with Crippen molar-refractivity contribution in [1.82, 2.24) is 0 Å². The van der Waals surface area contributed by atoms with E-state index in [1.165, 1.54) is 12.1 Å². The van der Waals surface area contributed by atoms with Gasteiger partial charge in [0.15, 0.2) is 0 Å². The summed E-state index contributed by atoms with van der Waals surface area (Å²) in [6.07, 6.45) is 1.79. The van der Waals surface area contributed by atoms with Gasteiger partial charge >= 0.3 is 0 Å². The maximum absolute atomic E-state index is 12.7. The lowest BCUT2D eigenvalue weighted by atomic mass is 9.86. The second-order valence-electron chi connectivity index (χ2n) is 5.36. The summed E-state index contributed by atoms with van der Waals surface area (Å²) >= 11 is 0. The summed E-state index contributed by atoms with van der Waals surface area (Å²) in [6.45, 7) is 6.53. The number of rotatable bonds is 3. The van der Waals surface area contributed by atoms with Crippen molar-refractivity contribution < 1.29 is 4.39 Å². The van der Waals surface area contributed by atoms with E-state index in [0.717, 1.165) is 18.4 Å². The Labute approximate surface area is 91.5 Å². The minimum Gasteiger partial charge on any atom is -0.327 e. The highest BCUT2D eigenvalue weighted by Crippen LogP contribution is 2.21. The van der Waals surface area contributed by atoms with E-state index in [1.807, 2.05) is 0 Å². The maximum Gasteiger partial charge on any atom is 0.123 e. The van der Waals surface area contributed by atoms with E-state index in [9.17, 15) is 4.39 Å². The molecule has 0 heterocycles. The van der Waals surface area contributed by atoms with Crippen LogP contribution in [0.25, 0.3) is 0 Å². The largest absolute Gasteiger partial charge is 0.327 e. The van der Waals surface area contributed by atoms with Gasteiger partial charge in [-0.3, -0.25) is 0 Å². The molecule has 84 valence electrons. The Kier molecular flexibility index (Phi) is 3.86. The molecule has 0 saturated carbocycles. The van der Waals surface area contributed by atoms with Crippen molar-refractivity contribution in [2.75, 3.05) is 0 Å². The minimum atomic E-state index is -0.192. The number of hydrogen-bond donors (Lipinski definition) is 1. The van der Waals surface area contributed by atoms with Crippen molar-refractivity contribution in [3.05, 3.63) is 35.6 Å². The van der Waals surface area contributed by atoms with Crippen molar-refractivity contribution in [3.63, 3.8) is 0 Å². The van der Waals surface area contributed by atoms with Gasteiger partial charge in [0.25, 0.3) is 0 Å². The Morgan fingerprint density at radius 2 is 1.73 bits per heavy atom. The molecule has 0 saturated heterocycles. The van der Waals surface area contributed by atoms with E-state index in [4.69, 9.17) is 5.73 Å². The van der Waals surface area contributed by atoms with Gasteiger partial charge in [0.1, 0.15) is 5.82 Å². The molecule has 0 spiro atoms. The molecule has 0 aromatic heterocycles. The van der Waals surface area contributed by atoms with Crippen LogP contribution in [0.1, 0.15) is 32.8 Å². The Morgan fingerprint density at radius 3 is 2.20 bits per heavy atom. The van der Waals surface area contributed by atoms with Gasteiger partial charge in [-0.05, 0) is 36.0 Å². The zero-order valence-electron chi connectivity index (χ0n) is 9.76. The maximum atomic E-state index is 12.7. The molecule has 0 bridgehead atoms. The first-order valence-electron chi connectivity index (χ1n) is 5.37. The van der Waals surface area contributed by atoms with Crippen LogP contribution < -0.4 is 5.73 Å². The average Bonchev–Trinajstić information content (AvgIpc) is 2.05. The average molecular weight is 209 g/mol. The Bertz CT molecular complexity index is 297. The number of benzene rings is 1. The van der Waals surface area contributed by atoms with Crippen LogP contribution in [-0.4, -0.2) is 6.04 Å². The summed E-state index contributed by atoms with van der Waals surface area (Å²) in [5, 5.41) is 0. The van der Waals surface area contributed by atoms with Gasteiger partial charge < -0.3 is 5.73 Å². The monoisotopic (exact) mass is 209 g/mol. The van der Waals surface area contributed by atoms with E-state index in [-0.39, 0.29) is 17.3 Å². The lowest BCUT2D eigenvalue weighted by molar-refractivity contribution is 0.338. The molecule has 2 heteroatoms. The first-order valence-corrected chi connectivity index (χ1v) is 5.37. The highest BCUT2D eigenvalue weighted by atomic mass is 19.1. The first kappa shape index (κ1) is 12.2. The third-order valence-corrected chi connectivity index (χ3v) is 2.29. The molecule has 15 heavy (non-hydrogen) atoms. The number of hydrogen-bond acceptors (Lipinski definition) is 1. The molecule has 0 aliphatic carbocycles. The fourth-order valence-electron chi connectivity index (χ4n) is 1.78. The summed E-state index contributed by atoms with van der Waals surface area (Å²) in [4.78, 5) is 0. The first-order chi connectivity index (χ1) is 6.87. The lowest BCUT2D eigenvalue weighted by Crippen LogP contribution is -2.28. The molecular formula is C13H20FN. The van der Waals surface area contributed by atoms with Crippen LogP contribution in [-0.2, 0) is 6.42 Å². The summed E-state index contributed by atoms with van der Waals surface area (Å²) < 4.78 is 12.7. The molecule has 1 aromatic carbocycles. The van der Waals surface area contributed by atoms with Gasteiger partial charge in [0.05, 0.1) is 0 Å². The predicted octanol–water partition coefficient (Wildman–Crippen LogP) is 3.13. The second kappa shape index (κ2) is 4.75. The molecule has 0 radical (unpaired) electrons. The molecule has 0 amide bonds. The third-order valence-electron chi connectivity index (χ3n) is 2.29. The summed E-state index contributed by atoms with van der Waals surface area (Å²) in [6, 6.07) is 6.73. The van der Waals surface area contributed by atoms with Crippen LogP contribution in [0.15, 0.2) is 24.3 Å². The SMILES string of the molecule is CC(C)(C)CC(N)Cc1ccc(F)cc1. The molecule has 0 aliphatic heterocycles. The number of nitrogens with two attached hydrogens (primary N) is 1. The standard InChI is InChI=1S/C13H20FN/c1-13(2,3)9-12(15)8-10-4-6-11(14)7-5-10/h4-7,12H,8-9,15H2,1-3H3. The van der Waals surface area contributed by atoms with Crippen molar-refractivity contribution in [2.24, 2.45) is 11.1 Å². The molecule has 2 N–H and O–H groups in total. The normalized spacial score (nSPS) is 13.9. The molecule has 1 aromatic rings. The van der Waals surface area contributed by atoms with Crippen LogP contribution in [0.4, 0.5) is 4.39 Å². The van der Waals surface area contributed by atoms with E-state index < -0.39 is 0 Å². The Balaban J connectivity index is 2.51. The molecule has 0 aliphatic rings. The Hall–Kier alpha value is -0.890. The Morgan fingerprint density at radius 1 is 1.20 bits per heavy atom. The quantitative estimate of drug-likeness (QED) is 0.813. The highest BCUT2D eigenvalue weighted by molar-refractivity contribution is 5.17. The zero-order chi connectivity index (χ0) is 11.5. The molecule has 1 rings (SSSR count). The fourth-order valence-corrected chi connectivity index (χ4v) is 1.78. The third kappa shape index (κ3) is 4.93. The van der Waals surface area contributed by atoms with Crippen molar-refractivity contribution in [1.29, 1.82) is 0 Å². The van der Waals surface area contributed by atoms with Gasteiger partial charge in [-0.25, -0.2) is 4.39 Å². The summed E-state index contributed by atoms with van der Waals surface area (Å²) in [5.74, 6) is -0.192. The van der Waals surface area contributed by atoms with Gasteiger partial charge in [0.2, 0.25) is 0 Å². The van der Waals surface area contributed by atoms with Gasteiger partial charge in [-0.2, -0.15) is 0 Å². The van der Waals surface area contributed by atoms with Gasteiger partial charge in [0, 0.05) is 6.04 Å². The van der Waals surface area contributed by atoms with E-state index >= 15 is 0 Å². The molecule has 1 nitrogen and oxygen atoms in total. The molecule has 0 fully saturated rings. The van der Waals surface area contributed by atoms with Crippen LogP contribution in [0, 0.1) is 11.2 Å². The van der Waals surface area contributed by atoms with Crippen LogP contribution in [0.2, 0.25) is 0 Å². The fraction of sp³-hybridized carbons (Fsp3) is 0.538. The van der Waals surface area contributed by atoms with Crippen LogP contribution >= 0.6 is 0 Å². The van der Waals surface area contributed by atoms with Crippen molar-refractivity contribution >= 4 is 0 Å². The zero-order valence-corrected chi connectivity index (χ0v) is 9.76. The van der Waals surface area contributed by atoms with Gasteiger partial charge in [-0.15, -0.1) is 0 Å². The summed E-state index contributed by atoms with van der Waals surface area (Å²) in [5.41, 5.74) is 7.39. The van der Waals surface area contributed by atoms with Crippen LogP contribution in [0.3, 0.4) is 0 Å². The second-order valence-corrected chi connectivity index (χ2v) is 5.36. The topological polar surface area (TPSA) is 26.0 Å². The molecular weight excluding hydrogens is 189 g/mol. The van der Waals surface area contributed by atoms with E-state index in [2.05, 4.69) is 20.8 Å². The van der Waals surface area contributed by atoms with Gasteiger partial charge in [-0.1, -0.05) is 32.9 Å². The summed E-state index contributed by atoms with van der Waals surface area (Å²) in [7, 11) is 0. The van der Waals surface area contributed by atoms with Crippen molar-refractivity contribution in [3.8, 4) is 0 Å². The molecule has 1 unspecified atom stereocenters. The lowest BCUT2D eigenvalue weighted by Gasteiger charge is -2.23. The van der Waals surface area contributed by atoms with Crippen LogP contribution in [0.5, 0.6) is 0 Å². The van der Waals surface area contributed by atoms with E-state index in [0.29, 0.717) is 0 Å². The van der Waals surface area contributed by atoms with E-state index in [1.54, 1.807) is 12.1 Å². The number of halogens is 1. The minimum absolute atomic E-state index is 0.149.